The van der Waals surface area contributed by atoms with Crippen molar-refractivity contribution in [3.8, 4) is 0 Å². The fourth-order valence-electron chi connectivity index (χ4n) is 3.49. The van der Waals surface area contributed by atoms with E-state index in [1.165, 1.54) is 0 Å². The van der Waals surface area contributed by atoms with Gasteiger partial charge in [-0.05, 0) is 37.4 Å². The highest BCUT2D eigenvalue weighted by atomic mass is 35.5. The molecule has 2 aromatic rings. The predicted octanol–water partition coefficient (Wildman–Crippen LogP) is 1.76. The maximum absolute atomic E-state index is 12.6. The number of piperidine rings is 1. The zero-order chi connectivity index (χ0) is 15.6. The van der Waals surface area contributed by atoms with Gasteiger partial charge in [0, 0.05) is 32.1 Å². The Morgan fingerprint density at radius 3 is 2.67 bits per heavy atom. The summed E-state index contributed by atoms with van der Waals surface area (Å²) in [6.45, 7) is 5.20. The van der Waals surface area contributed by atoms with Crippen LogP contribution >= 0.6 is 23.7 Å². The van der Waals surface area contributed by atoms with Gasteiger partial charge in [0.25, 0.3) is 0 Å². The number of thiophene rings is 1. The Balaban J connectivity index is 0.00000169. The van der Waals surface area contributed by atoms with Crippen molar-refractivity contribution in [1.82, 2.24) is 20.2 Å². The standard InChI is InChI=1S/C16H21N5OS.ClH/c22-16(12-1-4-17-5-2-12)21-8-6-20(7-9-21)14-13-3-10-23-15(13)19-11-18-14;/h3,10-12,17H,1-2,4-9H2;1H. The number of aromatic nitrogens is 2. The highest BCUT2D eigenvalue weighted by Gasteiger charge is 2.29. The van der Waals surface area contributed by atoms with Crippen molar-refractivity contribution in [2.75, 3.05) is 44.2 Å². The lowest BCUT2D eigenvalue weighted by Crippen LogP contribution is -2.51. The molecule has 0 aliphatic carbocycles. The molecule has 6 nitrogen and oxygen atoms in total. The highest BCUT2D eigenvalue weighted by molar-refractivity contribution is 7.16. The molecule has 0 saturated carbocycles. The number of rotatable bonds is 2. The summed E-state index contributed by atoms with van der Waals surface area (Å²) in [5.41, 5.74) is 0. The van der Waals surface area contributed by atoms with Crippen LogP contribution in [0.2, 0.25) is 0 Å². The molecular formula is C16H22ClN5OS. The third-order valence-corrected chi connectivity index (χ3v) is 5.64. The molecule has 130 valence electrons. The highest BCUT2D eigenvalue weighted by Crippen LogP contribution is 2.27. The molecule has 8 heteroatoms. The topological polar surface area (TPSA) is 61.4 Å². The SMILES string of the molecule is Cl.O=C(C1CCNCC1)N1CCN(c2ncnc3sccc23)CC1. The zero-order valence-corrected chi connectivity index (χ0v) is 15.1. The minimum Gasteiger partial charge on any atom is -0.352 e. The van der Waals surface area contributed by atoms with Crippen molar-refractivity contribution in [1.29, 1.82) is 0 Å². The average molecular weight is 368 g/mol. The number of carbonyl (C=O) groups excluding carboxylic acids is 1. The van der Waals surface area contributed by atoms with Crippen LogP contribution in [0.25, 0.3) is 10.2 Å². The lowest BCUT2D eigenvalue weighted by atomic mass is 9.96. The van der Waals surface area contributed by atoms with Crippen molar-refractivity contribution in [3.05, 3.63) is 17.8 Å². The largest absolute Gasteiger partial charge is 0.352 e. The summed E-state index contributed by atoms with van der Waals surface area (Å²) in [6, 6.07) is 2.09. The number of amides is 1. The van der Waals surface area contributed by atoms with Crippen molar-refractivity contribution in [3.63, 3.8) is 0 Å². The second-order valence-corrected chi connectivity index (χ2v) is 7.07. The third kappa shape index (κ3) is 3.34. The van der Waals surface area contributed by atoms with E-state index in [-0.39, 0.29) is 18.3 Å². The van der Waals surface area contributed by atoms with E-state index in [2.05, 4.69) is 31.6 Å². The molecule has 4 rings (SSSR count). The molecule has 0 unspecified atom stereocenters. The molecule has 2 aliphatic heterocycles. The number of anilines is 1. The molecule has 2 aliphatic rings. The Labute approximate surface area is 151 Å². The van der Waals surface area contributed by atoms with Gasteiger partial charge in [-0.1, -0.05) is 0 Å². The molecule has 0 bridgehead atoms. The Morgan fingerprint density at radius 2 is 1.92 bits per heavy atom. The van der Waals surface area contributed by atoms with Gasteiger partial charge in [-0.2, -0.15) is 0 Å². The van der Waals surface area contributed by atoms with E-state index in [1.807, 2.05) is 4.90 Å². The van der Waals surface area contributed by atoms with Gasteiger partial charge in [0.05, 0.1) is 5.39 Å². The lowest BCUT2D eigenvalue weighted by Gasteiger charge is -2.37. The number of nitrogens with zero attached hydrogens (tertiary/aromatic N) is 4. The van der Waals surface area contributed by atoms with Gasteiger partial charge in [-0.25, -0.2) is 9.97 Å². The first kappa shape index (κ1) is 17.4. The Hall–Kier alpha value is -1.44. The number of halogens is 1. The van der Waals surface area contributed by atoms with Crippen molar-refractivity contribution in [2.45, 2.75) is 12.8 Å². The molecule has 2 fully saturated rings. The van der Waals surface area contributed by atoms with E-state index in [0.717, 1.165) is 68.1 Å². The first-order valence-electron chi connectivity index (χ1n) is 8.25. The summed E-state index contributed by atoms with van der Waals surface area (Å²) >= 11 is 1.64. The number of hydrogen-bond donors (Lipinski definition) is 1. The number of piperazine rings is 1. The van der Waals surface area contributed by atoms with Gasteiger partial charge in [-0.3, -0.25) is 4.79 Å². The first-order chi connectivity index (χ1) is 11.3. The van der Waals surface area contributed by atoms with Crippen LogP contribution in [0.1, 0.15) is 12.8 Å². The minimum atomic E-state index is 0. The maximum atomic E-state index is 12.6. The lowest BCUT2D eigenvalue weighted by molar-refractivity contribution is -0.136. The smallest absolute Gasteiger partial charge is 0.225 e. The van der Waals surface area contributed by atoms with Gasteiger partial charge >= 0.3 is 0 Å². The van der Waals surface area contributed by atoms with Crippen LogP contribution in [0, 0.1) is 5.92 Å². The van der Waals surface area contributed by atoms with E-state index >= 15 is 0 Å². The van der Waals surface area contributed by atoms with E-state index < -0.39 is 0 Å². The average Bonchev–Trinajstić information content (AvgIpc) is 3.11. The molecule has 0 atom stereocenters. The van der Waals surface area contributed by atoms with Crippen LogP contribution in [0.15, 0.2) is 17.8 Å². The van der Waals surface area contributed by atoms with Gasteiger partial charge in [0.1, 0.15) is 17.0 Å². The number of carbonyl (C=O) groups is 1. The molecular weight excluding hydrogens is 346 g/mol. The van der Waals surface area contributed by atoms with Crippen molar-refractivity contribution >= 4 is 45.7 Å². The molecule has 2 saturated heterocycles. The Kier molecular flexibility index (Phi) is 5.53. The summed E-state index contributed by atoms with van der Waals surface area (Å²) in [5, 5.41) is 6.50. The molecule has 0 aromatic carbocycles. The fourth-order valence-corrected chi connectivity index (χ4v) is 4.22. The van der Waals surface area contributed by atoms with Crippen LogP contribution < -0.4 is 10.2 Å². The summed E-state index contributed by atoms with van der Waals surface area (Å²) in [6.07, 6.45) is 3.59. The van der Waals surface area contributed by atoms with Gasteiger partial charge in [0.2, 0.25) is 5.91 Å². The monoisotopic (exact) mass is 367 g/mol. The number of hydrogen-bond acceptors (Lipinski definition) is 6. The fraction of sp³-hybridized carbons (Fsp3) is 0.562. The quantitative estimate of drug-likeness (QED) is 0.876. The van der Waals surface area contributed by atoms with E-state index in [9.17, 15) is 4.79 Å². The number of nitrogens with one attached hydrogen (secondary N) is 1. The van der Waals surface area contributed by atoms with E-state index in [1.54, 1.807) is 17.7 Å². The van der Waals surface area contributed by atoms with E-state index in [0.29, 0.717) is 5.91 Å². The number of fused-ring (bicyclic) bond motifs is 1. The van der Waals surface area contributed by atoms with Gasteiger partial charge in [-0.15, -0.1) is 23.7 Å². The summed E-state index contributed by atoms with van der Waals surface area (Å²) < 4.78 is 0. The molecule has 2 aromatic heterocycles. The van der Waals surface area contributed by atoms with E-state index in [4.69, 9.17) is 0 Å². The molecule has 24 heavy (non-hydrogen) atoms. The second-order valence-electron chi connectivity index (χ2n) is 6.17. The van der Waals surface area contributed by atoms with Crippen molar-refractivity contribution < 1.29 is 4.79 Å². The normalized spacial score (nSPS) is 19.3. The van der Waals surface area contributed by atoms with Crippen LogP contribution in [0.5, 0.6) is 0 Å². The summed E-state index contributed by atoms with van der Waals surface area (Å²) in [5.74, 6) is 1.56. The maximum Gasteiger partial charge on any atom is 0.225 e. The van der Waals surface area contributed by atoms with Gasteiger partial charge < -0.3 is 15.1 Å². The molecule has 4 heterocycles. The van der Waals surface area contributed by atoms with Crippen LogP contribution in [-0.4, -0.2) is 60.0 Å². The molecule has 1 amide bonds. The predicted molar refractivity (Wildman–Crippen MR) is 99.0 cm³/mol. The Morgan fingerprint density at radius 1 is 1.17 bits per heavy atom. The van der Waals surface area contributed by atoms with Crippen LogP contribution in [-0.2, 0) is 4.79 Å². The minimum absolute atomic E-state index is 0. The molecule has 0 spiro atoms. The summed E-state index contributed by atoms with van der Waals surface area (Å²) in [4.78, 5) is 26.8. The van der Waals surface area contributed by atoms with Crippen LogP contribution in [0.3, 0.4) is 0 Å². The third-order valence-electron chi connectivity index (χ3n) is 4.82. The first-order valence-corrected chi connectivity index (χ1v) is 9.13. The van der Waals surface area contributed by atoms with Crippen LogP contribution in [0.4, 0.5) is 5.82 Å². The molecule has 0 radical (unpaired) electrons. The van der Waals surface area contributed by atoms with Gasteiger partial charge in [0.15, 0.2) is 0 Å². The second kappa shape index (κ2) is 7.63. The zero-order valence-electron chi connectivity index (χ0n) is 13.5. The summed E-state index contributed by atoms with van der Waals surface area (Å²) in [7, 11) is 0. The Bertz CT molecular complexity index is 695. The van der Waals surface area contributed by atoms with Crippen molar-refractivity contribution in [2.24, 2.45) is 5.92 Å². The molecule has 1 N–H and O–H groups in total.